The van der Waals surface area contributed by atoms with Gasteiger partial charge in [-0.25, -0.2) is 0 Å². The van der Waals surface area contributed by atoms with E-state index in [-0.39, 0.29) is 23.9 Å². The molecule has 3 heterocycles. The first kappa shape index (κ1) is 25.2. The first-order chi connectivity index (χ1) is 17.3. The van der Waals surface area contributed by atoms with Crippen molar-refractivity contribution in [3.8, 4) is 11.1 Å². The van der Waals surface area contributed by atoms with Crippen LogP contribution in [0.15, 0.2) is 48.7 Å². The van der Waals surface area contributed by atoms with E-state index in [9.17, 15) is 4.79 Å². The van der Waals surface area contributed by atoms with Crippen molar-refractivity contribution in [2.75, 3.05) is 39.8 Å². The second-order valence-electron chi connectivity index (χ2n) is 11.7. The van der Waals surface area contributed by atoms with Crippen molar-refractivity contribution < 1.29 is 9.53 Å². The summed E-state index contributed by atoms with van der Waals surface area (Å²) in [6.07, 6.45) is 7.31. The lowest BCUT2D eigenvalue weighted by atomic mass is 9.54. The molecule has 2 aliphatic heterocycles. The van der Waals surface area contributed by atoms with Crippen LogP contribution in [-0.4, -0.2) is 66.6 Å². The zero-order valence-electron chi connectivity index (χ0n) is 22.5. The number of fused-ring (bicyclic) bond motifs is 1. The number of piperazine rings is 1. The zero-order chi connectivity index (χ0) is 25.4. The molecule has 6 atom stereocenters. The average molecular weight is 488 g/mol. The molecule has 0 N–H and O–H groups in total. The van der Waals surface area contributed by atoms with Gasteiger partial charge in [0.15, 0.2) is 0 Å². The second kappa shape index (κ2) is 10.1. The molecule has 192 valence electrons. The molecule has 36 heavy (non-hydrogen) atoms. The summed E-state index contributed by atoms with van der Waals surface area (Å²) in [5.74, 6) is 1.43. The molecule has 1 aromatic heterocycles. The molecule has 0 bridgehead atoms. The fourth-order valence-corrected chi connectivity index (χ4v) is 6.96. The number of likely N-dealkylation sites (N-methyl/N-ethyl adjacent to an activating group) is 1. The van der Waals surface area contributed by atoms with Crippen molar-refractivity contribution in [2.24, 2.45) is 29.1 Å². The number of ether oxygens (including phenoxy) is 1. The number of carbonyl (C=O) groups excluding carboxylic acids is 1. The number of hydrogen-bond donors (Lipinski definition) is 0. The molecule has 3 aliphatic rings. The number of nitrogens with zero attached hydrogens (tertiary/aromatic N) is 3. The summed E-state index contributed by atoms with van der Waals surface area (Å²) in [4.78, 5) is 23.1. The predicted octanol–water partition coefficient (Wildman–Crippen LogP) is 5.16. The number of carbonyl (C=O) groups is 1. The Labute approximate surface area is 216 Å². The summed E-state index contributed by atoms with van der Waals surface area (Å²) in [5.41, 5.74) is 4.11. The molecule has 0 spiro atoms. The lowest BCUT2D eigenvalue weighted by Gasteiger charge is -2.49. The fraction of sp³-hybridized carbons (Fsp3) is 0.548. The molecule has 1 aromatic carbocycles. The number of esters is 1. The van der Waals surface area contributed by atoms with Crippen molar-refractivity contribution in [1.29, 1.82) is 0 Å². The van der Waals surface area contributed by atoms with Gasteiger partial charge in [-0.15, -0.1) is 0 Å². The number of hydrogen-bond acceptors (Lipinski definition) is 5. The minimum atomic E-state index is -0.418. The first-order valence-corrected chi connectivity index (χ1v) is 13.6. The topological polar surface area (TPSA) is 45.7 Å². The number of cyclic esters (lactones) is 1. The van der Waals surface area contributed by atoms with E-state index in [1.165, 1.54) is 11.1 Å². The van der Waals surface area contributed by atoms with Crippen molar-refractivity contribution in [3.63, 3.8) is 0 Å². The quantitative estimate of drug-likeness (QED) is 0.546. The standard InChI is InChI=1S/C31H41N3O2/c1-21-7-6-8-25(17-21)26-9-10-27(32-19-26)11-12-28-23(3)22(2)18-31(29(28)24(4)36-30(31)35)20-34-15-13-33(5)14-16-34/h6-12,17,19,22-24,28-29H,13-16,18,20H2,1-5H3/b12-11+/t22-,23+,24+,28-,29-,31-/m0/s1. The van der Waals surface area contributed by atoms with E-state index in [4.69, 9.17) is 9.72 Å². The maximum absolute atomic E-state index is 13.5. The van der Waals surface area contributed by atoms with E-state index in [1.54, 1.807) is 0 Å². The first-order valence-electron chi connectivity index (χ1n) is 13.6. The third kappa shape index (κ3) is 4.76. The molecule has 3 fully saturated rings. The Morgan fingerprint density at radius 3 is 2.56 bits per heavy atom. The van der Waals surface area contributed by atoms with E-state index in [0.717, 1.165) is 50.4 Å². The monoisotopic (exact) mass is 487 g/mol. The van der Waals surface area contributed by atoms with Gasteiger partial charge in [0, 0.05) is 50.4 Å². The number of allylic oxidation sites excluding steroid dienone is 1. The van der Waals surface area contributed by atoms with Gasteiger partial charge in [0.1, 0.15) is 6.10 Å². The molecular formula is C31H41N3O2. The molecule has 5 nitrogen and oxygen atoms in total. The number of aryl methyl sites for hydroxylation is 1. The van der Waals surface area contributed by atoms with Crippen LogP contribution in [0.4, 0.5) is 0 Å². The third-order valence-corrected chi connectivity index (χ3v) is 9.18. The molecule has 5 heteroatoms. The Hall–Kier alpha value is -2.50. The van der Waals surface area contributed by atoms with Gasteiger partial charge in [-0.3, -0.25) is 14.7 Å². The zero-order valence-corrected chi connectivity index (χ0v) is 22.5. The number of rotatable bonds is 5. The summed E-state index contributed by atoms with van der Waals surface area (Å²) in [6, 6.07) is 12.8. The normalized spacial score (nSPS) is 33.6. The molecule has 2 saturated heterocycles. The summed E-state index contributed by atoms with van der Waals surface area (Å²) in [7, 11) is 2.18. The minimum Gasteiger partial charge on any atom is -0.462 e. The van der Waals surface area contributed by atoms with Crippen LogP contribution in [0.2, 0.25) is 0 Å². The Balaban J connectivity index is 1.39. The molecule has 1 aliphatic carbocycles. The van der Waals surface area contributed by atoms with Crippen LogP contribution in [0.5, 0.6) is 0 Å². The Morgan fingerprint density at radius 1 is 1.08 bits per heavy atom. The van der Waals surface area contributed by atoms with Gasteiger partial charge in [0.25, 0.3) is 0 Å². The van der Waals surface area contributed by atoms with Gasteiger partial charge in [-0.05, 0) is 62.8 Å². The summed E-state index contributed by atoms with van der Waals surface area (Å²) >= 11 is 0. The van der Waals surface area contributed by atoms with Gasteiger partial charge < -0.3 is 9.64 Å². The maximum Gasteiger partial charge on any atom is 0.314 e. The van der Waals surface area contributed by atoms with Crippen LogP contribution in [0.3, 0.4) is 0 Å². The largest absolute Gasteiger partial charge is 0.462 e. The van der Waals surface area contributed by atoms with E-state index < -0.39 is 5.41 Å². The van der Waals surface area contributed by atoms with Gasteiger partial charge in [0.2, 0.25) is 0 Å². The highest BCUT2D eigenvalue weighted by molar-refractivity contribution is 5.80. The summed E-state index contributed by atoms with van der Waals surface area (Å²) in [5, 5.41) is 0. The maximum atomic E-state index is 13.5. The Bertz CT molecular complexity index is 1110. The van der Waals surface area contributed by atoms with Gasteiger partial charge >= 0.3 is 5.97 Å². The highest BCUT2D eigenvalue weighted by Gasteiger charge is 2.62. The van der Waals surface area contributed by atoms with E-state index in [2.05, 4.69) is 93.1 Å². The molecule has 0 radical (unpaired) electrons. The van der Waals surface area contributed by atoms with Gasteiger partial charge in [-0.1, -0.05) is 55.8 Å². The average Bonchev–Trinajstić information content (AvgIpc) is 3.10. The predicted molar refractivity (Wildman–Crippen MR) is 145 cm³/mol. The van der Waals surface area contributed by atoms with Crippen LogP contribution in [0, 0.1) is 36.0 Å². The van der Waals surface area contributed by atoms with Crippen molar-refractivity contribution >= 4 is 12.0 Å². The molecule has 1 saturated carbocycles. The summed E-state index contributed by atoms with van der Waals surface area (Å²) < 4.78 is 6.00. The number of benzene rings is 1. The van der Waals surface area contributed by atoms with E-state index in [0.29, 0.717) is 11.8 Å². The van der Waals surface area contributed by atoms with Gasteiger partial charge in [0.05, 0.1) is 11.1 Å². The second-order valence-corrected chi connectivity index (χ2v) is 11.7. The highest BCUT2D eigenvalue weighted by Crippen LogP contribution is 2.56. The van der Waals surface area contributed by atoms with E-state index >= 15 is 0 Å². The smallest absolute Gasteiger partial charge is 0.314 e. The molecule has 0 amide bonds. The summed E-state index contributed by atoms with van der Waals surface area (Å²) in [6.45, 7) is 13.9. The third-order valence-electron chi connectivity index (χ3n) is 9.18. The van der Waals surface area contributed by atoms with Crippen LogP contribution in [0.25, 0.3) is 17.2 Å². The Morgan fingerprint density at radius 2 is 1.86 bits per heavy atom. The van der Waals surface area contributed by atoms with Crippen molar-refractivity contribution in [2.45, 2.75) is 40.2 Å². The highest BCUT2D eigenvalue weighted by atomic mass is 16.6. The van der Waals surface area contributed by atoms with Gasteiger partial charge in [-0.2, -0.15) is 0 Å². The number of aromatic nitrogens is 1. The molecular weight excluding hydrogens is 446 g/mol. The fourth-order valence-electron chi connectivity index (χ4n) is 6.96. The van der Waals surface area contributed by atoms with Crippen LogP contribution >= 0.6 is 0 Å². The molecule has 5 rings (SSSR count). The number of pyridine rings is 1. The SMILES string of the molecule is Cc1cccc(-c2ccc(/C=C/[C@H]3[C@H](C)[C@@H](C)C[C@@]4(CN5CCN(C)CC5)C(=O)O[C@H](C)[C@@H]34)nc2)c1. The van der Waals surface area contributed by atoms with E-state index in [1.807, 2.05) is 6.20 Å². The lowest BCUT2D eigenvalue weighted by molar-refractivity contribution is -0.152. The lowest BCUT2D eigenvalue weighted by Crippen LogP contribution is -2.56. The van der Waals surface area contributed by atoms with Crippen LogP contribution < -0.4 is 0 Å². The van der Waals surface area contributed by atoms with Crippen LogP contribution in [0.1, 0.15) is 38.4 Å². The van der Waals surface area contributed by atoms with Crippen LogP contribution in [-0.2, 0) is 9.53 Å². The van der Waals surface area contributed by atoms with Crippen molar-refractivity contribution in [1.82, 2.24) is 14.8 Å². The van der Waals surface area contributed by atoms with Crippen molar-refractivity contribution in [3.05, 3.63) is 59.9 Å². The molecule has 0 unspecified atom stereocenters. The molecule has 2 aromatic rings. The Kier molecular flexibility index (Phi) is 7.06. The minimum absolute atomic E-state index is 0.0247.